The van der Waals surface area contributed by atoms with Gasteiger partial charge in [0.15, 0.2) is 5.82 Å². The van der Waals surface area contributed by atoms with E-state index >= 15 is 0 Å². The maximum absolute atomic E-state index is 4.30. The van der Waals surface area contributed by atoms with E-state index in [4.69, 9.17) is 0 Å². The molecule has 0 radical (unpaired) electrons. The lowest BCUT2D eigenvalue weighted by Crippen LogP contribution is -2.03. The first kappa shape index (κ1) is 12.6. The Morgan fingerprint density at radius 1 is 1.10 bits per heavy atom. The summed E-state index contributed by atoms with van der Waals surface area (Å²) in [5.41, 5.74) is 2.84. The molecule has 0 fully saturated rings. The van der Waals surface area contributed by atoms with E-state index < -0.39 is 0 Å². The molecule has 6 nitrogen and oxygen atoms in total. The van der Waals surface area contributed by atoms with Gasteiger partial charge in [-0.05, 0) is 12.1 Å². The zero-order valence-corrected chi connectivity index (χ0v) is 10.5. The number of aromatic nitrogens is 5. The Labute approximate surface area is 120 Å². The normalized spacial score (nSPS) is 11.8. The Bertz CT molecular complexity index is 740. The quantitative estimate of drug-likeness (QED) is 0.559. The van der Waals surface area contributed by atoms with Crippen LogP contribution in [0, 0.1) is 0 Å². The molecule has 4 rings (SSSR count). The van der Waals surface area contributed by atoms with Gasteiger partial charge in [-0.2, -0.15) is 15.4 Å². The van der Waals surface area contributed by atoms with Gasteiger partial charge in [-0.15, -0.1) is 0 Å². The van der Waals surface area contributed by atoms with E-state index in [0.29, 0.717) is 0 Å². The van der Waals surface area contributed by atoms with Crippen molar-refractivity contribution in [3.05, 3.63) is 36.8 Å². The Morgan fingerprint density at radius 3 is 2.85 bits per heavy atom. The van der Waals surface area contributed by atoms with Crippen molar-refractivity contribution in [2.45, 2.75) is 17.3 Å². The summed E-state index contributed by atoms with van der Waals surface area (Å²) in [6, 6.07) is 6.11. The molecule has 3 heterocycles. The number of anilines is 2. The molecule has 0 atom stereocenters. The van der Waals surface area contributed by atoms with E-state index in [2.05, 4.69) is 36.8 Å². The van der Waals surface area contributed by atoms with Crippen molar-refractivity contribution in [3.63, 3.8) is 0 Å². The monoisotopic (exact) mass is 284 g/mol. The van der Waals surface area contributed by atoms with Gasteiger partial charge in [0, 0.05) is 22.9 Å². The fourth-order valence-electron chi connectivity index (χ4n) is 1.93. The van der Waals surface area contributed by atoms with Crippen molar-refractivity contribution in [2.24, 2.45) is 0 Å². The summed E-state index contributed by atoms with van der Waals surface area (Å²) in [6.07, 6.45) is 5.08. The maximum Gasteiger partial charge on any atom is 0.163 e. The molecule has 3 aromatic rings. The summed E-state index contributed by atoms with van der Waals surface area (Å²) in [4.78, 5) is 9.71. The van der Waals surface area contributed by atoms with Crippen LogP contribution in [0.3, 0.4) is 0 Å². The number of rotatable bonds is 1. The topological polar surface area (TPSA) is 79.4 Å². The van der Waals surface area contributed by atoms with Gasteiger partial charge in [-0.3, -0.25) is 0 Å². The largest absolute Gasteiger partial charge is 0.337 e. The van der Waals surface area contributed by atoms with Gasteiger partial charge in [0.1, 0.15) is 10.7 Å². The maximum atomic E-state index is 4.30. The molecule has 2 N–H and O–H groups in total. The zero-order chi connectivity index (χ0) is 12.7. The van der Waals surface area contributed by atoms with Gasteiger partial charge in [0.05, 0.1) is 11.9 Å². The third kappa shape index (κ3) is 2.01. The fourth-order valence-corrected chi connectivity index (χ4v) is 2.81. The molecule has 1 aliphatic heterocycles. The van der Waals surface area contributed by atoms with Crippen LogP contribution in [-0.2, 0) is 0 Å². The molecule has 0 saturated heterocycles. The molecule has 0 bridgehead atoms. The summed E-state index contributed by atoms with van der Waals surface area (Å²) < 4.78 is 0. The van der Waals surface area contributed by atoms with Gasteiger partial charge in [-0.25, -0.2) is 9.97 Å². The van der Waals surface area contributed by atoms with Crippen LogP contribution >= 0.6 is 11.8 Å². The molecule has 2 aromatic heterocycles. The lowest BCUT2D eigenvalue weighted by atomic mass is 10.1. The van der Waals surface area contributed by atoms with Crippen LogP contribution in [0.25, 0.3) is 11.3 Å². The van der Waals surface area contributed by atoms with Crippen molar-refractivity contribution in [3.8, 4) is 11.3 Å². The average molecular weight is 284 g/mol. The molecule has 100 valence electrons. The second-order valence-corrected chi connectivity index (χ2v) is 5.03. The van der Waals surface area contributed by atoms with E-state index in [0.717, 1.165) is 32.7 Å². The third-order valence-electron chi connectivity index (χ3n) is 2.81. The zero-order valence-electron chi connectivity index (χ0n) is 9.66. The molecule has 0 saturated carbocycles. The molecule has 1 aromatic carbocycles. The van der Waals surface area contributed by atoms with Crippen molar-refractivity contribution < 1.29 is 0 Å². The average Bonchev–Trinajstić information content (AvgIpc) is 2.98. The standard InChI is InChI=1S/C12H8N6S.CH4/c1-2-10-8(5-7(1)9-6-15-18-17-9)16-11-12(19-10)14-4-3-13-11;/h1-6H,(H,13,16)(H,15,17,18);1H4. The summed E-state index contributed by atoms with van der Waals surface area (Å²) in [6.45, 7) is 0. The first-order valence-corrected chi connectivity index (χ1v) is 6.48. The SMILES string of the molecule is C.c1cnc2c(n1)Nc1cc(-c3cn[nH]n3)ccc1S2. The van der Waals surface area contributed by atoms with Gasteiger partial charge in [-0.1, -0.05) is 25.3 Å². The van der Waals surface area contributed by atoms with Crippen LogP contribution in [0.15, 0.2) is 46.7 Å². The minimum absolute atomic E-state index is 0. The molecule has 20 heavy (non-hydrogen) atoms. The van der Waals surface area contributed by atoms with Crippen LogP contribution in [-0.4, -0.2) is 25.4 Å². The molecule has 0 amide bonds. The third-order valence-corrected chi connectivity index (χ3v) is 3.88. The van der Waals surface area contributed by atoms with Crippen molar-refractivity contribution in [1.82, 2.24) is 25.4 Å². The highest BCUT2D eigenvalue weighted by Gasteiger charge is 2.18. The summed E-state index contributed by atoms with van der Waals surface area (Å²) in [5.74, 6) is 0.789. The van der Waals surface area contributed by atoms with E-state index in [1.165, 1.54) is 0 Å². The highest BCUT2D eigenvalue weighted by molar-refractivity contribution is 7.99. The summed E-state index contributed by atoms with van der Waals surface area (Å²) in [5, 5.41) is 14.7. The van der Waals surface area contributed by atoms with Gasteiger partial charge >= 0.3 is 0 Å². The van der Waals surface area contributed by atoms with Crippen molar-refractivity contribution in [2.75, 3.05) is 5.32 Å². The van der Waals surface area contributed by atoms with Gasteiger partial charge in [0.2, 0.25) is 0 Å². The summed E-state index contributed by atoms with van der Waals surface area (Å²) >= 11 is 1.61. The smallest absolute Gasteiger partial charge is 0.163 e. The number of fused-ring (bicyclic) bond motifs is 2. The molecule has 0 unspecified atom stereocenters. The van der Waals surface area contributed by atoms with Crippen LogP contribution in [0.2, 0.25) is 0 Å². The molecule has 1 aliphatic rings. The number of H-pyrrole nitrogens is 1. The lowest BCUT2D eigenvalue weighted by Gasteiger charge is -2.18. The Kier molecular flexibility index (Phi) is 3.11. The number of nitrogens with zero attached hydrogens (tertiary/aromatic N) is 4. The van der Waals surface area contributed by atoms with Gasteiger partial charge < -0.3 is 5.32 Å². The first-order chi connectivity index (χ1) is 9.40. The number of hydrogen-bond acceptors (Lipinski definition) is 6. The van der Waals surface area contributed by atoms with Crippen molar-refractivity contribution in [1.29, 1.82) is 0 Å². The second-order valence-electron chi connectivity index (χ2n) is 4.00. The number of nitrogens with one attached hydrogen (secondary N) is 2. The number of benzene rings is 1. The Hall–Kier alpha value is -2.41. The van der Waals surface area contributed by atoms with Crippen LogP contribution in [0.1, 0.15) is 7.43 Å². The molecular formula is C13H12N6S. The minimum Gasteiger partial charge on any atom is -0.337 e. The molecule has 7 heteroatoms. The highest BCUT2D eigenvalue weighted by Crippen LogP contribution is 2.42. The molecule has 0 spiro atoms. The predicted molar refractivity (Wildman–Crippen MR) is 78.0 cm³/mol. The van der Waals surface area contributed by atoms with Crippen LogP contribution in [0.5, 0.6) is 0 Å². The Balaban J connectivity index is 0.00000121. The fraction of sp³-hybridized carbons (Fsp3) is 0.0769. The molecular weight excluding hydrogens is 272 g/mol. The minimum atomic E-state index is 0. The lowest BCUT2D eigenvalue weighted by molar-refractivity contribution is 0.942. The number of hydrogen-bond donors (Lipinski definition) is 2. The van der Waals surface area contributed by atoms with E-state index in [-0.39, 0.29) is 7.43 Å². The van der Waals surface area contributed by atoms with E-state index in [9.17, 15) is 0 Å². The predicted octanol–water partition coefficient (Wildman–Crippen LogP) is 3.11. The van der Waals surface area contributed by atoms with E-state index in [1.807, 2.05) is 12.1 Å². The molecule has 0 aliphatic carbocycles. The van der Waals surface area contributed by atoms with Gasteiger partial charge in [0.25, 0.3) is 0 Å². The van der Waals surface area contributed by atoms with Crippen LogP contribution < -0.4 is 5.32 Å². The van der Waals surface area contributed by atoms with E-state index in [1.54, 1.807) is 30.4 Å². The second kappa shape index (κ2) is 4.93. The number of aromatic amines is 1. The Morgan fingerprint density at radius 2 is 2.00 bits per heavy atom. The van der Waals surface area contributed by atoms with Crippen molar-refractivity contribution >= 4 is 23.3 Å². The first-order valence-electron chi connectivity index (χ1n) is 5.66. The highest BCUT2D eigenvalue weighted by atomic mass is 32.2. The van der Waals surface area contributed by atoms with Crippen LogP contribution in [0.4, 0.5) is 11.5 Å². The summed E-state index contributed by atoms with van der Waals surface area (Å²) in [7, 11) is 0.